The largest absolute Gasteiger partial charge is 0.297 e. The number of halogens is 1. The summed E-state index contributed by atoms with van der Waals surface area (Å²) in [5, 5.41) is 3.13. The normalized spacial score (nSPS) is 11.7. The van der Waals surface area contributed by atoms with Crippen LogP contribution < -0.4 is 5.56 Å². The highest BCUT2D eigenvalue weighted by molar-refractivity contribution is 6.29. The first-order valence-electron chi connectivity index (χ1n) is 10.5. The number of carbonyl (C=O) groups excluding carboxylic acids is 1. The van der Waals surface area contributed by atoms with Crippen molar-refractivity contribution in [3.63, 3.8) is 0 Å². The Kier molecular flexibility index (Phi) is 7.53. The first-order chi connectivity index (χ1) is 15.0. The molecule has 4 aromatic rings. The fourth-order valence-corrected chi connectivity index (χ4v) is 3.63. The molecule has 0 fully saturated rings. The second-order valence-corrected chi connectivity index (χ2v) is 7.81. The van der Waals surface area contributed by atoms with Crippen molar-refractivity contribution in [2.75, 3.05) is 0 Å². The van der Waals surface area contributed by atoms with Crippen LogP contribution >= 0.6 is 11.6 Å². The molecule has 160 valence electrons. The highest BCUT2D eigenvalue weighted by atomic mass is 35.5. The molecule has 6 heteroatoms. The lowest BCUT2D eigenvalue weighted by Gasteiger charge is -2.17. The zero-order chi connectivity index (χ0) is 22.4. The number of rotatable bonds is 5. The van der Waals surface area contributed by atoms with E-state index in [2.05, 4.69) is 9.97 Å². The van der Waals surface area contributed by atoms with Gasteiger partial charge in [0.05, 0.1) is 23.3 Å². The smallest absolute Gasteiger partial charge is 0.261 e. The van der Waals surface area contributed by atoms with Gasteiger partial charge in [-0.2, -0.15) is 0 Å². The number of pyridine rings is 1. The van der Waals surface area contributed by atoms with E-state index < -0.39 is 6.04 Å². The molecule has 4 rings (SSSR count). The van der Waals surface area contributed by atoms with E-state index in [0.29, 0.717) is 28.9 Å². The fourth-order valence-electron chi connectivity index (χ4n) is 3.51. The monoisotopic (exact) mass is 435 g/mol. The Balaban J connectivity index is 0.000000287. The van der Waals surface area contributed by atoms with Crippen LogP contribution in [0, 0.1) is 6.92 Å². The predicted molar refractivity (Wildman–Crippen MR) is 127 cm³/mol. The molecular weight excluding hydrogens is 410 g/mol. The van der Waals surface area contributed by atoms with Crippen molar-refractivity contribution >= 4 is 39.1 Å². The van der Waals surface area contributed by atoms with E-state index in [1.54, 1.807) is 12.3 Å². The van der Waals surface area contributed by atoms with Gasteiger partial charge in [0, 0.05) is 18.0 Å². The van der Waals surface area contributed by atoms with E-state index in [1.165, 1.54) is 10.9 Å². The average Bonchev–Trinajstić information content (AvgIpc) is 2.80. The summed E-state index contributed by atoms with van der Waals surface area (Å²) in [6.45, 7) is 5.82. The van der Waals surface area contributed by atoms with Crippen LogP contribution in [-0.4, -0.2) is 20.3 Å². The zero-order valence-electron chi connectivity index (χ0n) is 18.0. The van der Waals surface area contributed by atoms with Gasteiger partial charge in [-0.05, 0) is 36.4 Å². The van der Waals surface area contributed by atoms with Crippen molar-refractivity contribution in [2.45, 2.75) is 46.1 Å². The van der Waals surface area contributed by atoms with Gasteiger partial charge < -0.3 is 0 Å². The van der Waals surface area contributed by atoms with E-state index >= 15 is 0 Å². The summed E-state index contributed by atoms with van der Waals surface area (Å²) in [7, 11) is 0. The molecule has 0 aliphatic rings. The number of fused-ring (bicyclic) bond motifs is 3. The van der Waals surface area contributed by atoms with E-state index in [9.17, 15) is 9.59 Å². The number of aromatic nitrogens is 3. The summed E-state index contributed by atoms with van der Waals surface area (Å²) in [6, 6.07) is 14.9. The van der Waals surface area contributed by atoms with Crippen molar-refractivity contribution in [1.29, 1.82) is 0 Å². The number of nitrogens with zero attached hydrogens (tertiary/aromatic N) is 3. The molecule has 0 saturated heterocycles. The molecule has 2 aromatic carbocycles. The minimum atomic E-state index is -0.416. The molecule has 0 saturated carbocycles. The summed E-state index contributed by atoms with van der Waals surface area (Å²) >= 11 is 5.50. The minimum absolute atomic E-state index is 0.0795. The molecule has 0 aliphatic carbocycles. The SMILES string of the molecule is CCCC(C(=O)CC)n1cnc2c(ccc3ccccc32)c1=O.Cc1ccc(Cl)nc1. The number of aryl methyl sites for hydroxylation is 1. The van der Waals surface area contributed by atoms with Crippen LogP contribution in [0.1, 0.15) is 44.7 Å². The minimum Gasteiger partial charge on any atom is -0.297 e. The molecule has 1 atom stereocenters. The van der Waals surface area contributed by atoms with E-state index in [1.807, 2.05) is 63.2 Å². The van der Waals surface area contributed by atoms with Crippen LogP contribution in [0.4, 0.5) is 0 Å². The summed E-state index contributed by atoms with van der Waals surface area (Å²) in [5.74, 6) is 0.0795. The van der Waals surface area contributed by atoms with Crippen molar-refractivity contribution in [1.82, 2.24) is 14.5 Å². The Morgan fingerprint density at radius 3 is 2.45 bits per heavy atom. The van der Waals surface area contributed by atoms with Gasteiger partial charge in [-0.15, -0.1) is 0 Å². The molecule has 5 nitrogen and oxygen atoms in total. The maximum atomic E-state index is 12.9. The van der Waals surface area contributed by atoms with Crippen molar-refractivity contribution in [3.8, 4) is 0 Å². The quantitative estimate of drug-likeness (QED) is 0.288. The Morgan fingerprint density at radius 2 is 1.81 bits per heavy atom. The van der Waals surface area contributed by atoms with Crippen molar-refractivity contribution in [3.05, 3.63) is 82.1 Å². The van der Waals surface area contributed by atoms with Gasteiger partial charge in [-0.25, -0.2) is 9.97 Å². The van der Waals surface area contributed by atoms with Crippen LogP contribution in [0.25, 0.3) is 21.7 Å². The molecule has 2 heterocycles. The highest BCUT2D eigenvalue weighted by Gasteiger charge is 2.20. The first kappa shape index (κ1) is 22.6. The number of carbonyl (C=O) groups is 1. The number of Topliss-reactive ketones (excluding diaryl/α,β-unsaturated/α-hetero) is 1. The van der Waals surface area contributed by atoms with Crippen LogP contribution in [0.15, 0.2) is 65.8 Å². The molecule has 0 amide bonds. The molecule has 0 spiro atoms. The second kappa shape index (κ2) is 10.3. The van der Waals surface area contributed by atoms with Crippen LogP contribution in [-0.2, 0) is 4.79 Å². The lowest BCUT2D eigenvalue weighted by atomic mass is 10.0. The van der Waals surface area contributed by atoms with Gasteiger partial charge in [-0.3, -0.25) is 14.2 Å². The molecule has 1 unspecified atom stereocenters. The van der Waals surface area contributed by atoms with Gasteiger partial charge in [0.25, 0.3) is 5.56 Å². The van der Waals surface area contributed by atoms with E-state index in [4.69, 9.17) is 11.6 Å². The van der Waals surface area contributed by atoms with Crippen molar-refractivity contribution < 1.29 is 4.79 Å². The van der Waals surface area contributed by atoms with Crippen LogP contribution in [0.2, 0.25) is 5.15 Å². The third-order valence-corrected chi connectivity index (χ3v) is 5.39. The fraction of sp³-hybridized carbons (Fsp3) is 0.280. The molecule has 31 heavy (non-hydrogen) atoms. The van der Waals surface area contributed by atoms with Gasteiger partial charge in [0.1, 0.15) is 5.15 Å². The third-order valence-electron chi connectivity index (χ3n) is 5.17. The standard InChI is InChI=1S/C19H20N2O2.C6H6ClN/c1-3-7-16(17(22)4-2)21-12-20-18-14-9-6-5-8-13(14)10-11-15(18)19(21)23;1-5-2-3-6(7)8-4-5/h5-6,8-12,16H,3-4,7H2,1-2H3;2-4H,1H3. The predicted octanol–water partition coefficient (Wildman–Crippen LogP) is 5.91. The average molecular weight is 436 g/mol. The maximum absolute atomic E-state index is 12.9. The number of hydrogen-bond donors (Lipinski definition) is 0. The third kappa shape index (κ3) is 5.17. The van der Waals surface area contributed by atoms with Gasteiger partial charge in [0.15, 0.2) is 5.78 Å². The summed E-state index contributed by atoms with van der Waals surface area (Å²) < 4.78 is 1.51. The molecule has 0 radical (unpaired) electrons. The molecule has 2 aromatic heterocycles. The van der Waals surface area contributed by atoms with Gasteiger partial charge in [0.2, 0.25) is 0 Å². The van der Waals surface area contributed by atoms with Gasteiger partial charge >= 0.3 is 0 Å². The van der Waals surface area contributed by atoms with Crippen LogP contribution in [0.5, 0.6) is 0 Å². The molecule has 0 aliphatic heterocycles. The van der Waals surface area contributed by atoms with Gasteiger partial charge in [-0.1, -0.05) is 68.3 Å². The molecular formula is C25H26ClN3O2. The Bertz CT molecular complexity index is 1230. The number of ketones is 1. The summed E-state index contributed by atoms with van der Waals surface area (Å²) in [4.78, 5) is 33.4. The Labute approximate surface area is 186 Å². The number of benzene rings is 2. The highest BCUT2D eigenvalue weighted by Crippen LogP contribution is 2.22. The lowest BCUT2D eigenvalue weighted by molar-refractivity contribution is -0.122. The Morgan fingerprint density at radius 1 is 1.03 bits per heavy atom. The Hall–Kier alpha value is -3.05. The van der Waals surface area contributed by atoms with Crippen LogP contribution in [0.3, 0.4) is 0 Å². The van der Waals surface area contributed by atoms with Crippen molar-refractivity contribution in [2.24, 2.45) is 0 Å². The first-order valence-corrected chi connectivity index (χ1v) is 10.8. The number of hydrogen-bond acceptors (Lipinski definition) is 4. The summed E-state index contributed by atoms with van der Waals surface area (Å²) in [6.07, 6.45) is 5.20. The molecule has 0 bridgehead atoms. The lowest BCUT2D eigenvalue weighted by Crippen LogP contribution is -2.30. The topological polar surface area (TPSA) is 64.8 Å². The summed E-state index contributed by atoms with van der Waals surface area (Å²) in [5.41, 5.74) is 1.69. The van der Waals surface area contributed by atoms with E-state index in [0.717, 1.165) is 22.8 Å². The second-order valence-electron chi connectivity index (χ2n) is 7.42. The molecule has 0 N–H and O–H groups in total. The van der Waals surface area contributed by atoms with E-state index in [-0.39, 0.29) is 11.3 Å². The maximum Gasteiger partial charge on any atom is 0.261 e. The zero-order valence-corrected chi connectivity index (χ0v) is 18.8.